The predicted octanol–water partition coefficient (Wildman–Crippen LogP) is 3.12. The Morgan fingerprint density at radius 3 is 2.70 bits per heavy atom. The zero-order valence-corrected chi connectivity index (χ0v) is 15.7. The monoisotopic (exact) mass is 397 g/mol. The molecule has 20 heavy (non-hydrogen) atoms. The number of hydrogen-bond donors (Lipinski definition) is 1. The molecule has 0 radical (unpaired) electrons. The van der Waals surface area contributed by atoms with Crippen LogP contribution >= 0.6 is 24.0 Å². The summed E-state index contributed by atoms with van der Waals surface area (Å²) in [5, 5.41) is 3.38. The van der Waals surface area contributed by atoms with Crippen molar-refractivity contribution in [2.75, 3.05) is 39.9 Å². The van der Waals surface area contributed by atoms with Crippen molar-refractivity contribution in [1.82, 2.24) is 10.2 Å². The van der Waals surface area contributed by atoms with E-state index in [1.807, 2.05) is 0 Å². The van der Waals surface area contributed by atoms with Gasteiger partial charge in [0, 0.05) is 39.2 Å². The summed E-state index contributed by atoms with van der Waals surface area (Å²) < 4.78 is 5.44. The van der Waals surface area contributed by atoms with Gasteiger partial charge in [0.1, 0.15) is 0 Å². The highest BCUT2D eigenvalue weighted by molar-refractivity contribution is 14.0. The molecule has 0 saturated carbocycles. The average molecular weight is 397 g/mol. The van der Waals surface area contributed by atoms with Gasteiger partial charge in [0.15, 0.2) is 5.96 Å². The van der Waals surface area contributed by atoms with Crippen molar-refractivity contribution >= 4 is 29.9 Å². The summed E-state index contributed by atoms with van der Waals surface area (Å²) in [6.45, 7) is 9.10. The molecule has 1 rings (SSSR count). The molecular weight excluding hydrogens is 365 g/mol. The molecule has 1 aliphatic heterocycles. The van der Waals surface area contributed by atoms with Crippen molar-refractivity contribution in [2.45, 2.75) is 46.0 Å². The molecule has 120 valence electrons. The number of unbranched alkanes of at least 4 members (excludes halogenated alkanes) is 3. The van der Waals surface area contributed by atoms with Crippen LogP contribution in [0.15, 0.2) is 4.99 Å². The van der Waals surface area contributed by atoms with Crippen molar-refractivity contribution in [3.05, 3.63) is 0 Å². The third kappa shape index (κ3) is 8.29. The summed E-state index contributed by atoms with van der Waals surface area (Å²) in [5.41, 5.74) is 0. The number of halogens is 1. The van der Waals surface area contributed by atoms with Crippen molar-refractivity contribution in [1.29, 1.82) is 0 Å². The van der Waals surface area contributed by atoms with Crippen LogP contribution in [0.5, 0.6) is 0 Å². The largest absolute Gasteiger partial charge is 0.381 e. The molecule has 0 spiro atoms. The zero-order valence-electron chi connectivity index (χ0n) is 13.4. The standard InChI is InChI=1S/C15H31N3O.HI/c1-4-6-7-8-10-17-15(16-5-2)18(3)12-14-9-11-19-13-14;/h14H,4-13H2,1-3H3,(H,16,17);1H. The number of hydrogen-bond acceptors (Lipinski definition) is 2. The van der Waals surface area contributed by atoms with Gasteiger partial charge in [-0.2, -0.15) is 0 Å². The van der Waals surface area contributed by atoms with Crippen LogP contribution in [-0.4, -0.2) is 50.8 Å². The van der Waals surface area contributed by atoms with Crippen LogP contribution < -0.4 is 5.32 Å². The number of nitrogens with one attached hydrogen (secondary N) is 1. The maximum atomic E-state index is 5.44. The second-order valence-corrected chi connectivity index (χ2v) is 5.41. The topological polar surface area (TPSA) is 36.9 Å². The average Bonchev–Trinajstić information content (AvgIpc) is 2.90. The molecule has 1 heterocycles. The fourth-order valence-electron chi connectivity index (χ4n) is 2.39. The molecule has 0 aliphatic carbocycles. The van der Waals surface area contributed by atoms with Crippen LogP contribution in [-0.2, 0) is 4.74 Å². The van der Waals surface area contributed by atoms with E-state index in [-0.39, 0.29) is 24.0 Å². The lowest BCUT2D eigenvalue weighted by Crippen LogP contribution is -2.41. The van der Waals surface area contributed by atoms with Gasteiger partial charge in [-0.25, -0.2) is 0 Å². The van der Waals surface area contributed by atoms with Gasteiger partial charge in [-0.15, -0.1) is 24.0 Å². The van der Waals surface area contributed by atoms with Gasteiger partial charge < -0.3 is 15.0 Å². The highest BCUT2D eigenvalue weighted by Crippen LogP contribution is 2.13. The Balaban J connectivity index is 0.00000361. The van der Waals surface area contributed by atoms with E-state index in [1.165, 1.54) is 32.1 Å². The Bertz CT molecular complexity index is 256. The van der Waals surface area contributed by atoms with E-state index in [9.17, 15) is 0 Å². The molecule has 1 fully saturated rings. The van der Waals surface area contributed by atoms with Gasteiger partial charge in [-0.1, -0.05) is 26.2 Å². The van der Waals surface area contributed by atoms with Gasteiger partial charge in [-0.05, 0) is 19.8 Å². The molecule has 1 saturated heterocycles. The molecule has 0 amide bonds. The van der Waals surface area contributed by atoms with E-state index in [0.717, 1.165) is 38.8 Å². The third-order valence-electron chi connectivity index (χ3n) is 3.53. The highest BCUT2D eigenvalue weighted by Gasteiger charge is 2.18. The Morgan fingerprint density at radius 2 is 2.10 bits per heavy atom. The fraction of sp³-hybridized carbons (Fsp3) is 0.933. The number of nitrogens with zero attached hydrogens (tertiary/aromatic N) is 2. The first-order chi connectivity index (χ1) is 9.27. The Morgan fingerprint density at radius 1 is 1.30 bits per heavy atom. The molecule has 0 aromatic heterocycles. The van der Waals surface area contributed by atoms with Gasteiger partial charge in [0.2, 0.25) is 0 Å². The van der Waals surface area contributed by atoms with E-state index >= 15 is 0 Å². The third-order valence-corrected chi connectivity index (χ3v) is 3.53. The lowest BCUT2D eigenvalue weighted by atomic mass is 10.1. The second kappa shape index (κ2) is 12.7. The smallest absolute Gasteiger partial charge is 0.193 e. The van der Waals surface area contributed by atoms with E-state index in [1.54, 1.807) is 0 Å². The van der Waals surface area contributed by atoms with Crippen molar-refractivity contribution in [3.8, 4) is 0 Å². The van der Waals surface area contributed by atoms with Crippen LogP contribution in [0, 0.1) is 5.92 Å². The van der Waals surface area contributed by atoms with E-state index in [2.05, 4.69) is 31.1 Å². The quantitative estimate of drug-likeness (QED) is 0.296. The van der Waals surface area contributed by atoms with E-state index < -0.39 is 0 Å². The summed E-state index contributed by atoms with van der Waals surface area (Å²) in [6, 6.07) is 0. The maximum absolute atomic E-state index is 5.44. The lowest BCUT2D eigenvalue weighted by molar-refractivity contribution is 0.181. The highest BCUT2D eigenvalue weighted by atomic mass is 127. The first kappa shape index (κ1) is 20.0. The molecular formula is C15H32IN3O. The minimum absolute atomic E-state index is 0. The van der Waals surface area contributed by atoms with Crippen molar-refractivity contribution in [3.63, 3.8) is 0 Å². The van der Waals surface area contributed by atoms with Crippen LogP contribution in [0.2, 0.25) is 0 Å². The van der Waals surface area contributed by atoms with Gasteiger partial charge in [0.25, 0.3) is 0 Å². The SMILES string of the molecule is CCCCCCN=C(NCC)N(C)CC1CCOC1.I. The molecule has 1 N–H and O–H groups in total. The molecule has 0 bridgehead atoms. The van der Waals surface area contributed by atoms with Gasteiger partial charge in [0.05, 0.1) is 6.61 Å². The summed E-state index contributed by atoms with van der Waals surface area (Å²) in [4.78, 5) is 6.97. The molecule has 0 aromatic carbocycles. The molecule has 4 nitrogen and oxygen atoms in total. The summed E-state index contributed by atoms with van der Waals surface area (Å²) >= 11 is 0. The number of rotatable bonds is 8. The Kier molecular flexibility index (Phi) is 12.7. The minimum atomic E-state index is 0. The second-order valence-electron chi connectivity index (χ2n) is 5.41. The maximum Gasteiger partial charge on any atom is 0.193 e. The fourth-order valence-corrected chi connectivity index (χ4v) is 2.39. The summed E-state index contributed by atoms with van der Waals surface area (Å²) in [7, 11) is 2.13. The van der Waals surface area contributed by atoms with Crippen LogP contribution in [0.1, 0.15) is 46.0 Å². The lowest BCUT2D eigenvalue weighted by Gasteiger charge is -2.24. The molecule has 1 unspecified atom stereocenters. The minimum Gasteiger partial charge on any atom is -0.381 e. The Labute approximate surface area is 141 Å². The summed E-state index contributed by atoms with van der Waals surface area (Å²) in [5.74, 6) is 1.71. The molecule has 0 aromatic rings. The van der Waals surface area contributed by atoms with Crippen LogP contribution in [0.4, 0.5) is 0 Å². The van der Waals surface area contributed by atoms with Crippen molar-refractivity contribution < 1.29 is 4.74 Å². The summed E-state index contributed by atoms with van der Waals surface area (Å²) in [6.07, 6.45) is 6.27. The predicted molar refractivity (Wildman–Crippen MR) is 97.1 cm³/mol. The first-order valence-corrected chi connectivity index (χ1v) is 7.85. The Hall–Kier alpha value is -0.0400. The number of guanidine groups is 1. The zero-order chi connectivity index (χ0) is 13.9. The molecule has 1 atom stereocenters. The molecule has 5 heteroatoms. The first-order valence-electron chi connectivity index (χ1n) is 7.85. The van der Waals surface area contributed by atoms with Crippen LogP contribution in [0.25, 0.3) is 0 Å². The van der Waals surface area contributed by atoms with E-state index in [0.29, 0.717) is 5.92 Å². The van der Waals surface area contributed by atoms with Gasteiger partial charge >= 0.3 is 0 Å². The number of aliphatic imine (C=N–C) groups is 1. The normalized spacial score (nSPS) is 18.8. The number of ether oxygens (including phenoxy) is 1. The van der Waals surface area contributed by atoms with E-state index in [4.69, 9.17) is 9.73 Å². The van der Waals surface area contributed by atoms with Crippen LogP contribution in [0.3, 0.4) is 0 Å². The van der Waals surface area contributed by atoms with Crippen molar-refractivity contribution in [2.24, 2.45) is 10.9 Å². The van der Waals surface area contributed by atoms with Gasteiger partial charge in [-0.3, -0.25) is 4.99 Å². The molecule has 1 aliphatic rings.